The summed E-state index contributed by atoms with van der Waals surface area (Å²) < 4.78 is 20.6. The summed E-state index contributed by atoms with van der Waals surface area (Å²) in [6, 6.07) is 2.90. The third kappa shape index (κ3) is 3.31. The lowest BCUT2D eigenvalue weighted by molar-refractivity contribution is -0.132. The molecule has 1 aromatic carbocycles. The maximum Gasteiger partial charge on any atom is 0.345 e. The zero-order valence-corrected chi connectivity index (χ0v) is 14.9. The molecule has 0 atom stereocenters. The highest BCUT2D eigenvalue weighted by Gasteiger charge is 2.31. The Morgan fingerprint density at radius 3 is 2.44 bits per heavy atom. The van der Waals surface area contributed by atoms with E-state index in [2.05, 4.69) is 5.32 Å². The molecule has 2 N–H and O–H groups in total. The number of rotatable bonds is 4. The molecule has 0 aliphatic carbocycles. The Labute approximate surface area is 154 Å². The molecule has 27 heavy (non-hydrogen) atoms. The second-order valence-electron chi connectivity index (χ2n) is 5.87. The molecular formula is C18H17NO8. The van der Waals surface area contributed by atoms with Gasteiger partial charge in [-0.25, -0.2) is 14.4 Å². The van der Waals surface area contributed by atoms with E-state index in [1.165, 1.54) is 19.2 Å². The number of ether oxygens (including phenoxy) is 4. The van der Waals surface area contributed by atoms with Crippen LogP contribution in [0, 0.1) is 0 Å². The third-order valence-corrected chi connectivity index (χ3v) is 4.23. The summed E-state index contributed by atoms with van der Waals surface area (Å²) in [6.07, 6.45) is -0.100. The molecule has 0 radical (unpaired) electrons. The highest BCUT2D eigenvalue weighted by Crippen LogP contribution is 2.41. The smallest absolute Gasteiger partial charge is 0.345 e. The molecule has 0 bridgehead atoms. The van der Waals surface area contributed by atoms with Crippen LogP contribution < -0.4 is 19.5 Å². The van der Waals surface area contributed by atoms with Crippen molar-refractivity contribution >= 4 is 17.9 Å². The second-order valence-corrected chi connectivity index (χ2v) is 5.87. The van der Waals surface area contributed by atoms with Gasteiger partial charge in [-0.2, -0.15) is 0 Å². The maximum atomic E-state index is 12.7. The lowest BCUT2D eigenvalue weighted by atomic mass is 9.98. The van der Waals surface area contributed by atoms with Crippen LogP contribution in [-0.4, -0.2) is 36.9 Å². The predicted octanol–water partition coefficient (Wildman–Crippen LogP) is 1.73. The minimum atomic E-state index is -1.13. The van der Waals surface area contributed by atoms with Gasteiger partial charge in [-0.15, -0.1) is 0 Å². The van der Waals surface area contributed by atoms with Gasteiger partial charge in [0.2, 0.25) is 6.79 Å². The number of allylic oxidation sites excluding steroid dienone is 2. The number of aliphatic carboxylic acids is 1. The number of benzene rings is 1. The first kappa shape index (κ1) is 18.3. The standard InChI is InChI=1S/C18H17NO8/c1-8-10(16(20)21)6-11(9(2)19-8)17(22)27-12-4-5-13-15(26-7-25-13)14(12)18(23)24-3/h4-5,19H,6-7H2,1-3H3,(H,20,21). The number of dihydropyridines is 1. The molecule has 0 saturated heterocycles. The summed E-state index contributed by atoms with van der Waals surface area (Å²) in [5.74, 6) is -2.28. The fourth-order valence-electron chi connectivity index (χ4n) is 2.83. The van der Waals surface area contributed by atoms with E-state index in [0.29, 0.717) is 17.1 Å². The molecule has 2 aliphatic rings. The number of methoxy groups -OCH3 is 1. The van der Waals surface area contributed by atoms with Crippen molar-refractivity contribution in [2.45, 2.75) is 20.3 Å². The van der Waals surface area contributed by atoms with E-state index in [9.17, 15) is 19.5 Å². The third-order valence-electron chi connectivity index (χ3n) is 4.23. The first-order chi connectivity index (χ1) is 12.8. The van der Waals surface area contributed by atoms with E-state index in [0.717, 1.165) is 0 Å². The number of hydrogen-bond donors (Lipinski definition) is 2. The summed E-state index contributed by atoms with van der Waals surface area (Å²) >= 11 is 0. The molecule has 0 fully saturated rings. The fraction of sp³-hybridized carbons (Fsp3) is 0.278. The molecule has 2 heterocycles. The maximum absolute atomic E-state index is 12.7. The Morgan fingerprint density at radius 1 is 1.07 bits per heavy atom. The monoisotopic (exact) mass is 375 g/mol. The van der Waals surface area contributed by atoms with E-state index >= 15 is 0 Å². The predicted molar refractivity (Wildman–Crippen MR) is 90.3 cm³/mol. The summed E-state index contributed by atoms with van der Waals surface area (Å²) in [5.41, 5.74) is 1.06. The SMILES string of the molecule is COC(=O)c1c(OC(=O)C2=C(C)NC(C)=C(C(=O)O)C2)ccc2c1OCO2. The van der Waals surface area contributed by atoms with Gasteiger partial charge >= 0.3 is 17.9 Å². The molecule has 3 rings (SSSR count). The molecule has 0 saturated carbocycles. The zero-order chi connectivity index (χ0) is 19.7. The van der Waals surface area contributed by atoms with Gasteiger partial charge in [0.1, 0.15) is 11.3 Å². The van der Waals surface area contributed by atoms with Gasteiger partial charge in [-0.1, -0.05) is 0 Å². The number of fused-ring (bicyclic) bond motifs is 1. The van der Waals surface area contributed by atoms with Gasteiger partial charge in [0, 0.05) is 17.8 Å². The molecule has 0 aromatic heterocycles. The first-order valence-corrected chi connectivity index (χ1v) is 7.96. The van der Waals surface area contributed by atoms with Crippen molar-refractivity contribution in [3.63, 3.8) is 0 Å². The summed E-state index contributed by atoms with van der Waals surface area (Å²) in [6.45, 7) is 3.18. The lowest BCUT2D eigenvalue weighted by Gasteiger charge is -2.21. The quantitative estimate of drug-likeness (QED) is 0.599. The summed E-state index contributed by atoms with van der Waals surface area (Å²) in [7, 11) is 1.19. The number of carbonyl (C=O) groups excluding carboxylic acids is 2. The van der Waals surface area contributed by atoms with Crippen molar-refractivity contribution in [2.24, 2.45) is 0 Å². The van der Waals surface area contributed by atoms with Crippen molar-refractivity contribution < 1.29 is 38.4 Å². The number of carboxylic acids is 1. The molecule has 142 valence electrons. The lowest BCUT2D eigenvalue weighted by Crippen LogP contribution is -2.27. The largest absolute Gasteiger partial charge is 0.478 e. The van der Waals surface area contributed by atoms with Crippen LogP contribution in [0.4, 0.5) is 0 Å². The van der Waals surface area contributed by atoms with Crippen LogP contribution in [0.1, 0.15) is 30.6 Å². The van der Waals surface area contributed by atoms with Gasteiger partial charge in [0.05, 0.1) is 18.3 Å². The second kappa shape index (κ2) is 7.02. The van der Waals surface area contributed by atoms with Gasteiger partial charge in [-0.05, 0) is 26.0 Å². The average Bonchev–Trinajstić information content (AvgIpc) is 3.09. The molecule has 1 aromatic rings. The highest BCUT2D eigenvalue weighted by atomic mass is 16.7. The van der Waals surface area contributed by atoms with Crippen LogP contribution in [0.5, 0.6) is 17.2 Å². The van der Waals surface area contributed by atoms with Crippen LogP contribution in [0.3, 0.4) is 0 Å². The van der Waals surface area contributed by atoms with Crippen molar-refractivity contribution in [1.29, 1.82) is 0 Å². The molecule has 0 amide bonds. The first-order valence-electron chi connectivity index (χ1n) is 7.96. The molecule has 9 heteroatoms. The molecule has 0 unspecified atom stereocenters. The van der Waals surface area contributed by atoms with Crippen LogP contribution >= 0.6 is 0 Å². The van der Waals surface area contributed by atoms with Crippen LogP contribution in [0.15, 0.2) is 34.7 Å². The van der Waals surface area contributed by atoms with Crippen LogP contribution in [0.25, 0.3) is 0 Å². The van der Waals surface area contributed by atoms with E-state index in [1.807, 2.05) is 0 Å². The van der Waals surface area contributed by atoms with Crippen LogP contribution in [0.2, 0.25) is 0 Å². The Hall–Kier alpha value is -3.49. The topological polar surface area (TPSA) is 120 Å². The average molecular weight is 375 g/mol. The minimum absolute atomic E-state index is 0.0615. The summed E-state index contributed by atoms with van der Waals surface area (Å²) in [4.78, 5) is 36.1. The van der Waals surface area contributed by atoms with E-state index in [-0.39, 0.29) is 41.4 Å². The summed E-state index contributed by atoms with van der Waals surface area (Å²) in [5, 5.41) is 12.1. The van der Waals surface area contributed by atoms with E-state index in [1.54, 1.807) is 13.8 Å². The number of carboxylic acid groups (broad SMARTS) is 1. The van der Waals surface area contributed by atoms with Gasteiger partial charge in [-0.3, -0.25) is 0 Å². The molecule has 9 nitrogen and oxygen atoms in total. The normalized spacial score (nSPS) is 15.4. The number of esters is 2. The molecular weight excluding hydrogens is 358 g/mol. The van der Waals surface area contributed by atoms with Gasteiger partial charge < -0.3 is 29.4 Å². The van der Waals surface area contributed by atoms with Crippen molar-refractivity contribution in [2.75, 3.05) is 13.9 Å². The number of carbonyl (C=O) groups is 3. The Kier molecular flexibility index (Phi) is 4.76. The minimum Gasteiger partial charge on any atom is -0.478 e. The van der Waals surface area contributed by atoms with Crippen LogP contribution in [-0.2, 0) is 14.3 Å². The highest BCUT2D eigenvalue weighted by molar-refractivity contribution is 6.00. The van der Waals surface area contributed by atoms with Crippen molar-refractivity contribution in [1.82, 2.24) is 5.32 Å². The van der Waals surface area contributed by atoms with E-state index in [4.69, 9.17) is 18.9 Å². The number of nitrogens with one attached hydrogen (secondary N) is 1. The fourth-order valence-corrected chi connectivity index (χ4v) is 2.83. The Morgan fingerprint density at radius 2 is 1.78 bits per heavy atom. The van der Waals surface area contributed by atoms with Gasteiger partial charge in [0.15, 0.2) is 11.5 Å². The Balaban J connectivity index is 1.92. The molecule has 0 spiro atoms. The zero-order valence-electron chi connectivity index (χ0n) is 14.9. The van der Waals surface area contributed by atoms with Crippen molar-refractivity contribution in [3.05, 3.63) is 40.2 Å². The van der Waals surface area contributed by atoms with Crippen molar-refractivity contribution in [3.8, 4) is 17.2 Å². The van der Waals surface area contributed by atoms with E-state index < -0.39 is 17.9 Å². The number of hydrogen-bond acceptors (Lipinski definition) is 8. The van der Waals surface area contributed by atoms with Gasteiger partial charge in [0.25, 0.3) is 0 Å². The Bertz CT molecular complexity index is 912. The molecule has 2 aliphatic heterocycles.